The molecule has 5 rings (SSSR count). The molecule has 2 heteroatoms. The van der Waals surface area contributed by atoms with E-state index in [0.29, 0.717) is 0 Å². The topological polar surface area (TPSA) is 15.3 Å². The quantitative estimate of drug-likeness (QED) is 0.710. The van der Waals surface area contributed by atoms with Gasteiger partial charge in [-0.3, -0.25) is 0 Å². The fourth-order valence-electron chi connectivity index (χ4n) is 4.62. The Hall–Kier alpha value is -2.74. The highest BCUT2D eigenvalue weighted by Gasteiger charge is 2.56. The van der Waals surface area contributed by atoms with Crippen molar-refractivity contribution in [1.29, 1.82) is 0 Å². The molecule has 0 spiro atoms. The van der Waals surface area contributed by atoms with Crippen molar-refractivity contribution < 1.29 is 0 Å². The van der Waals surface area contributed by atoms with E-state index in [1.54, 1.807) is 0 Å². The molecule has 3 aromatic rings. The minimum Gasteiger partial charge on any atom is -0.364 e. The first-order valence-electron chi connectivity index (χ1n) is 8.48. The molecular formula is C22H20N2. The SMILES string of the molecule is Cc1ccc2c(c1)C1(c3ccccc3)c3ccccc3NC1N2C. The van der Waals surface area contributed by atoms with Gasteiger partial charge in [0.1, 0.15) is 6.17 Å². The van der Waals surface area contributed by atoms with Gasteiger partial charge in [-0.15, -0.1) is 0 Å². The minimum atomic E-state index is -0.159. The van der Waals surface area contributed by atoms with Crippen molar-refractivity contribution in [3.05, 3.63) is 95.1 Å². The number of hydrogen-bond donors (Lipinski definition) is 1. The van der Waals surface area contributed by atoms with E-state index in [1.807, 2.05) is 0 Å². The molecule has 0 fully saturated rings. The summed E-state index contributed by atoms with van der Waals surface area (Å²) in [6.45, 7) is 2.18. The molecule has 0 saturated carbocycles. The Bertz CT molecular complexity index is 932. The zero-order valence-corrected chi connectivity index (χ0v) is 14.0. The van der Waals surface area contributed by atoms with Crippen LogP contribution in [0.15, 0.2) is 72.8 Å². The number of nitrogens with zero attached hydrogens (tertiary/aromatic N) is 1. The molecule has 2 heterocycles. The van der Waals surface area contributed by atoms with Gasteiger partial charge in [0.25, 0.3) is 0 Å². The molecule has 0 aromatic heterocycles. The second-order valence-electron chi connectivity index (χ2n) is 6.90. The first-order chi connectivity index (χ1) is 11.7. The van der Waals surface area contributed by atoms with E-state index in [9.17, 15) is 0 Å². The van der Waals surface area contributed by atoms with Crippen LogP contribution in [0.25, 0.3) is 0 Å². The summed E-state index contributed by atoms with van der Waals surface area (Å²) in [4.78, 5) is 2.39. The number of benzene rings is 3. The van der Waals surface area contributed by atoms with E-state index < -0.39 is 0 Å². The van der Waals surface area contributed by atoms with Gasteiger partial charge in [0, 0.05) is 18.4 Å². The van der Waals surface area contributed by atoms with Crippen LogP contribution in [0.3, 0.4) is 0 Å². The second-order valence-corrected chi connectivity index (χ2v) is 6.90. The number of hydrogen-bond acceptors (Lipinski definition) is 2. The fraction of sp³-hybridized carbons (Fsp3) is 0.182. The van der Waals surface area contributed by atoms with Gasteiger partial charge in [-0.25, -0.2) is 0 Å². The Kier molecular flexibility index (Phi) is 2.64. The van der Waals surface area contributed by atoms with E-state index in [4.69, 9.17) is 0 Å². The highest BCUT2D eigenvalue weighted by Crippen LogP contribution is 2.58. The summed E-state index contributed by atoms with van der Waals surface area (Å²) in [5, 5.41) is 3.78. The highest BCUT2D eigenvalue weighted by molar-refractivity contribution is 5.81. The van der Waals surface area contributed by atoms with E-state index in [0.717, 1.165) is 0 Å². The zero-order valence-electron chi connectivity index (χ0n) is 14.0. The Morgan fingerprint density at radius 2 is 1.62 bits per heavy atom. The number of fused-ring (bicyclic) bond motifs is 5. The van der Waals surface area contributed by atoms with Crippen molar-refractivity contribution >= 4 is 11.4 Å². The third kappa shape index (κ3) is 1.51. The van der Waals surface area contributed by atoms with Crippen molar-refractivity contribution in [3.8, 4) is 0 Å². The van der Waals surface area contributed by atoms with E-state index in [1.165, 1.54) is 33.6 Å². The highest BCUT2D eigenvalue weighted by atomic mass is 15.3. The van der Waals surface area contributed by atoms with Gasteiger partial charge in [-0.1, -0.05) is 66.2 Å². The molecule has 2 aliphatic rings. The van der Waals surface area contributed by atoms with Crippen LogP contribution in [0.5, 0.6) is 0 Å². The molecule has 2 unspecified atom stereocenters. The number of rotatable bonds is 1. The van der Waals surface area contributed by atoms with Crippen molar-refractivity contribution in [2.75, 3.05) is 17.3 Å². The van der Waals surface area contributed by atoms with Gasteiger partial charge in [-0.2, -0.15) is 0 Å². The monoisotopic (exact) mass is 312 g/mol. The summed E-state index contributed by atoms with van der Waals surface area (Å²) >= 11 is 0. The number of para-hydroxylation sites is 1. The Balaban J connectivity index is 1.92. The molecule has 2 nitrogen and oxygen atoms in total. The molecule has 0 amide bonds. The van der Waals surface area contributed by atoms with Gasteiger partial charge in [0.05, 0.1) is 5.41 Å². The Labute approximate surface area is 142 Å². The summed E-state index contributed by atoms with van der Waals surface area (Å²) in [6, 6.07) is 26.5. The van der Waals surface area contributed by atoms with Gasteiger partial charge in [0.15, 0.2) is 0 Å². The predicted molar refractivity (Wildman–Crippen MR) is 99.8 cm³/mol. The normalized spacial score (nSPS) is 23.4. The van der Waals surface area contributed by atoms with E-state index in [-0.39, 0.29) is 11.6 Å². The Morgan fingerprint density at radius 3 is 2.46 bits per heavy atom. The Morgan fingerprint density at radius 1 is 0.875 bits per heavy atom. The lowest BCUT2D eigenvalue weighted by Crippen LogP contribution is -2.45. The second kappa shape index (κ2) is 4.64. The standard InChI is InChI=1S/C22H20N2/c1-15-12-13-20-18(14-15)22(16-8-4-3-5-9-16)17-10-6-7-11-19(17)23-21(22)24(20)2/h3-14,21,23H,1-2H3. The van der Waals surface area contributed by atoms with Gasteiger partial charge >= 0.3 is 0 Å². The molecule has 2 atom stereocenters. The molecule has 24 heavy (non-hydrogen) atoms. The van der Waals surface area contributed by atoms with Crippen LogP contribution in [0.2, 0.25) is 0 Å². The summed E-state index contributed by atoms with van der Waals surface area (Å²) in [5.74, 6) is 0. The molecule has 0 bridgehead atoms. The molecular weight excluding hydrogens is 292 g/mol. The van der Waals surface area contributed by atoms with Gasteiger partial charge in [0.2, 0.25) is 0 Å². The summed E-state index contributed by atoms with van der Waals surface area (Å²) in [7, 11) is 2.20. The fourth-order valence-corrected chi connectivity index (χ4v) is 4.62. The number of likely N-dealkylation sites (N-methyl/N-ethyl adjacent to an activating group) is 1. The van der Waals surface area contributed by atoms with Crippen molar-refractivity contribution in [2.45, 2.75) is 18.5 Å². The summed E-state index contributed by atoms with van der Waals surface area (Å²) in [6.07, 6.45) is 0.203. The molecule has 118 valence electrons. The lowest BCUT2D eigenvalue weighted by Gasteiger charge is -2.33. The van der Waals surface area contributed by atoms with Crippen molar-refractivity contribution in [1.82, 2.24) is 0 Å². The lowest BCUT2D eigenvalue weighted by molar-refractivity contribution is 0.567. The van der Waals surface area contributed by atoms with Crippen LogP contribution in [0, 0.1) is 6.92 Å². The maximum atomic E-state index is 3.78. The minimum absolute atomic E-state index is 0.159. The molecule has 3 aromatic carbocycles. The van der Waals surface area contributed by atoms with Crippen LogP contribution in [-0.2, 0) is 5.41 Å². The number of aryl methyl sites for hydroxylation is 1. The van der Waals surface area contributed by atoms with Crippen LogP contribution in [0.1, 0.15) is 22.3 Å². The third-order valence-corrected chi connectivity index (χ3v) is 5.63. The van der Waals surface area contributed by atoms with Crippen LogP contribution < -0.4 is 10.2 Å². The first-order valence-corrected chi connectivity index (χ1v) is 8.48. The van der Waals surface area contributed by atoms with Crippen LogP contribution >= 0.6 is 0 Å². The molecule has 0 aliphatic carbocycles. The predicted octanol–water partition coefficient (Wildman–Crippen LogP) is 4.53. The summed E-state index contributed by atoms with van der Waals surface area (Å²) in [5.41, 5.74) is 7.83. The number of anilines is 2. The maximum Gasteiger partial charge on any atom is 0.117 e. The van der Waals surface area contributed by atoms with Crippen molar-refractivity contribution in [3.63, 3.8) is 0 Å². The molecule has 0 saturated heterocycles. The molecule has 2 aliphatic heterocycles. The molecule has 0 radical (unpaired) electrons. The largest absolute Gasteiger partial charge is 0.364 e. The average molecular weight is 312 g/mol. The smallest absolute Gasteiger partial charge is 0.117 e. The first kappa shape index (κ1) is 13.7. The third-order valence-electron chi connectivity index (χ3n) is 5.63. The van der Waals surface area contributed by atoms with Crippen LogP contribution in [0.4, 0.5) is 11.4 Å². The average Bonchev–Trinajstić information content (AvgIpc) is 3.08. The van der Waals surface area contributed by atoms with Crippen LogP contribution in [-0.4, -0.2) is 13.2 Å². The zero-order chi connectivity index (χ0) is 16.3. The summed E-state index contributed by atoms with van der Waals surface area (Å²) < 4.78 is 0. The molecule has 1 N–H and O–H groups in total. The maximum absolute atomic E-state index is 3.78. The lowest BCUT2D eigenvalue weighted by atomic mass is 9.70. The van der Waals surface area contributed by atoms with Crippen molar-refractivity contribution in [2.24, 2.45) is 0 Å². The van der Waals surface area contributed by atoms with E-state index in [2.05, 4.69) is 97.0 Å². The van der Waals surface area contributed by atoms with Gasteiger partial charge in [-0.05, 0) is 35.7 Å². The van der Waals surface area contributed by atoms with E-state index >= 15 is 0 Å². The number of nitrogens with one attached hydrogen (secondary N) is 1. The van der Waals surface area contributed by atoms with Gasteiger partial charge < -0.3 is 10.2 Å².